The second kappa shape index (κ2) is 8.19. The van der Waals surface area contributed by atoms with E-state index in [2.05, 4.69) is 50.1 Å². The first-order valence-electron chi connectivity index (χ1n) is 10.9. The van der Waals surface area contributed by atoms with E-state index in [9.17, 15) is 4.79 Å². The number of hydrogen-bond acceptors (Lipinski definition) is 5. The number of urea groups is 1. The lowest BCUT2D eigenvalue weighted by molar-refractivity contribution is 0.0326. The SMILES string of the molecule is CSc1ncc2c(n1)N(C)C(=O)N([C@H]1CCN(Cc3ccccc3)C3CCC[C@H]31)C2. The van der Waals surface area contributed by atoms with E-state index in [1.165, 1.54) is 36.6 Å². The van der Waals surface area contributed by atoms with E-state index in [0.29, 0.717) is 29.7 Å². The molecule has 3 heterocycles. The average Bonchev–Trinajstić information content (AvgIpc) is 3.28. The Balaban J connectivity index is 1.36. The van der Waals surface area contributed by atoms with Gasteiger partial charge in [0, 0.05) is 44.0 Å². The third-order valence-electron chi connectivity index (χ3n) is 7.03. The number of thioether (sulfide) groups is 1. The number of amides is 2. The van der Waals surface area contributed by atoms with Crippen LogP contribution in [-0.2, 0) is 13.1 Å². The molecule has 3 atom stereocenters. The quantitative estimate of drug-likeness (QED) is 0.549. The summed E-state index contributed by atoms with van der Waals surface area (Å²) in [6, 6.07) is 11.7. The minimum atomic E-state index is 0.0837. The molecule has 1 aliphatic carbocycles. The molecule has 5 rings (SSSR count). The molecule has 0 radical (unpaired) electrons. The predicted molar refractivity (Wildman–Crippen MR) is 120 cm³/mol. The topological polar surface area (TPSA) is 52.6 Å². The fourth-order valence-electron chi connectivity index (χ4n) is 5.63. The number of rotatable bonds is 4. The number of carbonyl (C=O) groups excluding carboxylic acids is 1. The molecule has 0 spiro atoms. The summed E-state index contributed by atoms with van der Waals surface area (Å²) in [5.41, 5.74) is 2.43. The van der Waals surface area contributed by atoms with Crippen molar-refractivity contribution in [1.82, 2.24) is 19.8 Å². The molecule has 2 amide bonds. The Hall–Kier alpha value is -2.12. The van der Waals surface area contributed by atoms with Crippen LogP contribution in [0.3, 0.4) is 0 Å². The second-order valence-corrected chi connectivity index (χ2v) is 9.42. The van der Waals surface area contributed by atoms with E-state index in [0.717, 1.165) is 30.9 Å². The molecule has 7 heteroatoms. The van der Waals surface area contributed by atoms with Crippen molar-refractivity contribution in [1.29, 1.82) is 0 Å². The van der Waals surface area contributed by atoms with E-state index < -0.39 is 0 Å². The normalized spacial score (nSPS) is 26.6. The number of nitrogens with zero attached hydrogens (tertiary/aromatic N) is 5. The van der Waals surface area contributed by atoms with Gasteiger partial charge in [-0.25, -0.2) is 14.8 Å². The molecule has 158 valence electrons. The Morgan fingerprint density at radius 2 is 1.97 bits per heavy atom. The van der Waals surface area contributed by atoms with Crippen LogP contribution in [-0.4, -0.2) is 57.7 Å². The van der Waals surface area contributed by atoms with Gasteiger partial charge in [0.15, 0.2) is 5.16 Å². The van der Waals surface area contributed by atoms with Crippen molar-refractivity contribution >= 4 is 23.6 Å². The fourth-order valence-corrected chi connectivity index (χ4v) is 5.96. The average molecular weight is 424 g/mol. The van der Waals surface area contributed by atoms with E-state index in [-0.39, 0.29) is 6.03 Å². The first kappa shape index (κ1) is 19.8. The molecule has 1 saturated carbocycles. The minimum absolute atomic E-state index is 0.0837. The standard InChI is InChI=1S/C23H29N5OS/c1-26-21-17(13-24-22(25-21)30-2)15-28(23(26)29)20-11-12-27(19-10-6-9-18(19)20)14-16-7-4-3-5-8-16/h3-5,7-8,13,18-20H,6,9-12,14-15H2,1-2H3/t18-,19?,20+/m1/s1. The summed E-state index contributed by atoms with van der Waals surface area (Å²) in [4.78, 5) is 28.8. The summed E-state index contributed by atoms with van der Waals surface area (Å²) in [5.74, 6) is 1.31. The molecule has 30 heavy (non-hydrogen) atoms. The van der Waals surface area contributed by atoms with Crippen molar-refractivity contribution in [2.24, 2.45) is 5.92 Å². The van der Waals surface area contributed by atoms with Gasteiger partial charge in [0.2, 0.25) is 0 Å². The summed E-state index contributed by atoms with van der Waals surface area (Å²) in [7, 11) is 1.85. The molecule has 0 bridgehead atoms. The Kier molecular flexibility index (Phi) is 5.41. The highest BCUT2D eigenvalue weighted by atomic mass is 32.2. The summed E-state index contributed by atoms with van der Waals surface area (Å²) in [6.45, 7) is 2.68. The van der Waals surface area contributed by atoms with Crippen LogP contribution in [0.1, 0.15) is 36.8 Å². The van der Waals surface area contributed by atoms with Gasteiger partial charge in [-0.15, -0.1) is 0 Å². The van der Waals surface area contributed by atoms with E-state index >= 15 is 0 Å². The second-order valence-electron chi connectivity index (χ2n) is 8.65. The van der Waals surface area contributed by atoms with Crippen molar-refractivity contribution in [3.8, 4) is 0 Å². The molecule has 3 aliphatic rings. The lowest BCUT2D eigenvalue weighted by Crippen LogP contribution is -2.58. The van der Waals surface area contributed by atoms with Crippen molar-refractivity contribution < 1.29 is 4.79 Å². The summed E-state index contributed by atoms with van der Waals surface area (Å²) in [6.07, 6.45) is 8.60. The Bertz CT molecular complexity index is 923. The van der Waals surface area contributed by atoms with Crippen LogP contribution in [0.5, 0.6) is 0 Å². The van der Waals surface area contributed by atoms with Crippen LogP contribution in [0.2, 0.25) is 0 Å². The summed E-state index contributed by atoms with van der Waals surface area (Å²) >= 11 is 1.51. The molecule has 1 unspecified atom stereocenters. The number of hydrogen-bond donors (Lipinski definition) is 0. The highest BCUT2D eigenvalue weighted by Crippen LogP contribution is 2.42. The van der Waals surface area contributed by atoms with Crippen molar-refractivity contribution in [3.05, 3.63) is 47.7 Å². The van der Waals surface area contributed by atoms with Crippen LogP contribution in [0.4, 0.5) is 10.6 Å². The van der Waals surface area contributed by atoms with Gasteiger partial charge in [-0.3, -0.25) is 9.80 Å². The molecule has 1 saturated heterocycles. The zero-order chi connectivity index (χ0) is 20.7. The first-order valence-corrected chi connectivity index (χ1v) is 12.1. The fraction of sp³-hybridized carbons (Fsp3) is 0.522. The maximum atomic E-state index is 13.3. The Labute approximate surface area is 182 Å². The third kappa shape index (κ3) is 3.48. The maximum Gasteiger partial charge on any atom is 0.325 e. The number of piperidine rings is 1. The predicted octanol–water partition coefficient (Wildman–Crippen LogP) is 4.01. The van der Waals surface area contributed by atoms with E-state index in [4.69, 9.17) is 0 Å². The van der Waals surface area contributed by atoms with Gasteiger partial charge in [0.05, 0.1) is 6.54 Å². The van der Waals surface area contributed by atoms with Gasteiger partial charge >= 0.3 is 6.03 Å². The van der Waals surface area contributed by atoms with E-state index in [1.807, 2.05) is 19.5 Å². The number of carbonyl (C=O) groups is 1. The van der Waals surface area contributed by atoms with E-state index in [1.54, 1.807) is 4.90 Å². The largest absolute Gasteiger partial charge is 0.325 e. The van der Waals surface area contributed by atoms with Crippen LogP contribution in [0.25, 0.3) is 0 Å². The smallest absolute Gasteiger partial charge is 0.316 e. The monoisotopic (exact) mass is 423 g/mol. The van der Waals surface area contributed by atoms with Gasteiger partial charge in [0.1, 0.15) is 5.82 Å². The number of likely N-dealkylation sites (tertiary alicyclic amines) is 1. The molecule has 1 aromatic heterocycles. The number of benzene rings is 1. The summed E-state index contributed by atoms with van der Waals surface area (Å²) in [5, 5.41) is 0.715. The van der Waals surface area contributed by atoms with Crippen LogP contribution >= 0.6 is 11.8 Å². The number of aromatic nitrogens is 2. The first-order chi connectivity index (χ1) is 14.7. The highest BCUT2D eigenvalue weighted by Gasteiger charge is 2.46. The van der Waals surface area contributed by atoms with Crippen molar-refractivity contribution in [2.45, 2.75) is 56.0 Å². The lowest BCUT2D eigenvalue weighted by atomic mass is 9.85. The lowest BCUT2D eigenvalue weighted by Gasteiger charge is -2.48. The number of fused-ring (bicyclic) bond motifs is 2. The zero-order valence-electron chi connectivity index (χ0n) is 17.7. The summed E-state index contributed by atoms with van der Waals surface area (Å²) < 4.78 is 0. The van der Waals surface area contributed by atoms with Crippen LogP contribution in [0, 0.1) is 5.92 Å². The molecule has 6 nitrogen and oxygen atoms in total. The Morgan fingerprint density at radius 1 is 1.13 bits per heavy atom. The Morgan fingerprint density at radius 3 is 2.77 bits per heavy atom. The molecule has 0 N–H and O–H groups in total. The molecule has 2 aliphatic heterocycles. The highest BCUT2D eigenvalue weighted by molar-refractivity contribution is 7.98. The third-order valence-corrected chi connectivity index (χ3v) is 7.59. The van der Waals surface area contributed by atoms with Gasteiger partial charge in [0.25, 0.3) is 0 Å². The zero-order valence-corrected chi connectivity index (χ0v) is 18.5. The van der Waals surface area contributed by atoms with Gasteiger partial charge < -0.3 is 4.90 Å². The van der Waals surface area contributed by atoms with Gasteiger partial charge in [-0.05, 0) is 37.0 Å². The number of anilines is 1. The van der Waals surface area contributed by atoms with Crippen molar-refractivity contribution in [3.63, 3.8) is 0 Å². The molecule has 2 fully saturated rings. The van der Waals surface area contributed by atoms with Crippen LogP contribution in [0.15, 0.2) is 41.7 Å². The van der Waals surface area contributed by atoms with Crippen LogP contribution < -0.4 is 4.90 Å². The van der Waals surface area contributed by atoms with Crippen molar-refractivity contribution in [2.75, 3.05) is 24.7 Å². The molecular formula is C23H29N5OS. The van der Waals surface area contributed by atoms with Gasteiger partial charge in [-0.2, -0.15) is 0 Å². The maximum absolute atomic E-state index is 13.3. The molecule has 2 aromatic rings. The molecular weight excluding hydrogens is 394 g/mol. The minimum Gasteiger partial charge on any atom is -0.316 e. The molecule has 1 aromatic carbocycles. The van der Waals surface area contributed by atoms with Gasteiger partial charge in [-0.1, -0.05) is 48.5 Å².